The zero-order valence-corrected chi connectivity index (χ0v) is 13.2. The second-order valence-electron chi connectivity index (χ2n) is 5.73. The molecule has 122 valence electrons. The molecule has 0 spiro atoms. The number of aromatic nitrogens is 5. The highest BCUT2D eigenvalue weighted by Gasteiger charge is 2.24. The fourth-order valence-corrected chi connectivity index (χ4v) is 2.79. The van der Waals surface area contributed by atoms with Gasteiger partial charge >= 0.3 is 0 Å². The largest absolute Gasteiger partial charge is 0.341 e. The first-order chi connectivity index (χ1) is 11.2. The Balaban J connectivity index is 1.58. The van der Waals surface area contributed by atoms with Crippen LogP contribution in [-0.2, 0) is 11.3 Å². The smallest absolute Gasteiger partial charge is 0.227 e. The van der Waals surface area contributed by atoms with Crippen molar-refractivity contribution in [2.24, 2.45) is 5.92 Å². The quantitative estimate of drug-likeness (QED) is 0.814. The number of anilines is 1. The molecule has 2 aromatic heterocycles. The van der Waals surface area contributed by atoms with Crippen LogP contribution in [-0.4, -0.2) is 61.7 Å². The van der Waals surface area contributed by atoms with Crippen LogP contribution in [0.1, 0.15) is 13.3 Å². The molecule has 3 rings (SSSR count). The van der Waals surface area contributed by atoms with Gasteiger partial charge in [-0.3, -0.25) is 9.48 Å². The predicted molar refractivity (Wildman–Crippen MR) is 84.6 cm³/mol. The molecule has 0 aromatic carbocycles. The Kier molecular flexibility index (Phi) is 4.80. The van der Waals surface area contributed by atoms with Crippen LogP contribution in [0.25, 0.3) is 0 Å². The average Bonchev–Trinajstić information content (AvgIpc) is 2.96. The molecule has 1 fully saturated rings. The van der Waals surface area contributed by atoms with Crippen LogP contribution in [0.5, 0.6) is 0 Å². The fraction of sp³-hybridized carbons (Fsp3) is 0.533. The highest BCUT2D eigenvalue weighted by atomic mass is 16.2. The zero-order valence-electron chi connectivity index (χ0n) is 13.2. The first kappa shape index (κ1) is 15.4. The highest BCUT2D eigenvalue weighted by molar-refractivity contribution is 5.78. The summed E-state index contributed by atoms with van der Waals surface area (Å²) in [4.78, 5) is 29.2. The van der Waals surface area contributed by atoms with Gasteiger partial charge in [0.1, 0.15) is 12.7 Å². The minimum Gasteiger partial charge on any atom is -0.341 e. The summed E-state index contributed by atoms with van der Waals surface area (Å²) >= 11 is 0. The number of carbonyl (C=O) groups excluding carboxylic acids is 1. The van der Waals surface area contributed by atoms with Gasteiger partial charge in [0, 0.05) is 38.6 Å². The second-order valence-corrected chi connectivity index (χ2v) is 5.73. The summed E-state index contributed by atoms with van der Waals surface area (Å²) in [7, 11) is 0. The van der Waals surface area contributed by atoms with E-state index in [0.717, 1.165) is 32.0 Å². The lowest BCUT2D eigenvalue weighted by atomic mass is 10.1. The summed E-state index contributed by atoms with van der Waals surface area (Å²) in [5, 5.41) is 4.06. The van der Waals surface area contributed by atoms with Crippen molar-refractivity contribution in [3.8, 4) is 0 Å². The van der Waals surface area contributed by atoms with E-state index in [-0.39, 0.29) is 11.8 Å². The molecule has 1 unspecified atom stereocenters. The molecule has 1 amide bonds. The van der Waals surface area contributed by atoms with Crippen molar-refractivity contribution in [3.05, 3.63) is 31.1 Å². The molecule has 23 heavy (non-hydrogen) atoms. The van der Waals surface area contributed by atoms with Crippen molar-refractivity contribution in [2.75, 3.05) is 31.1 Å². The maximum absolute atomic E-state index is 12.6. The number of hydrogen-bond acceptors (Lipinski definition) is 6. The van der Waals surface area contributed by atoms with Gasteiger partial charge in [-0.25, -0.2) is 15.0 Å². The molecule has 1 aliphatic rings. The van der Waals surface area contributed by atoms with Crippen molar-refractivity contribution in [3.63, 3.8) is 0 Å². The van der Waals surface area contributed by atoms with Crippen LogP contribution in [0.4, 0.5) is 5.95 Å². The van der Waals surface area contributed by atoms with Gasteiger partial charge < -0.3 is 9.80 Å². The van der Waals surface area contributed by atoms with E-state index in [0.29, 0.717) is 13.1 Å². The average molecular weight is 315 g/mol. The van der Waals surface area contributed by atoms with Crippen LogP contribution < -0.4 is 4.90 Å². The Morgan fingerprint density at radius 2 is 2.04 bits per heavy atom. The fourth-order valence-electron chi connectivity index (χ4n) is 2.79. The number of amides is 1. The maximum Gasteiger partial charge on any atom is 0.227 e. The number of rotatable bonds is 4. The van der Waals surface area contributed by atoms with Gasteiger partial charge in [0.05, 0.1) is 12.5 Å². The first-order valence-corrected chi connectivity index (χ1v) is 7.87. The van der Waals surface area contributed by atoms with Gasteiger partial charge in [0.2, 0.25) is 11.9 Å². The lowest BCUT2D eigenvalue weighted by Crippen LogP contribution is -2.39. The van der Waals surface area contributed by atoms with Gasteiger partial charge in [-0.15, -0.1) is 0 Å². The van der Waals surface area contributed by atoms with Gasteiger partial charge in [0.15, 0.2) is 0 Å². The first-order valence-electron chi connectivity index (χ1n) is 7.87. The third-order valence-corrected chi connectivity index (χ3v) is 3.99. The predicted octanol–water partition coefficient (Wildman–Crippen LogP) is 0.443. The molecule has 0 saturated carbocycles. The van der Waals surface area contributed by atoms with E-state index in [1.807, 2.05) is 17.9 Å². The van der Waals surface area contributed by atoms with Crippen LogP contribution >= 0.6 is 0 Å². The van der Waals surface area contributed by atoms with E-state index in [1.54, 1.807) is 23.4 Å². The monoisotopic (exact) mass is 315 g/mol. The summed E-state index contributed by atoms with van der Waals surface area (Å²) < 4.78 is 1.70. The molecular formula is C15H21N7O. The van der Waals surface area contributed by atoms with Crippen LogP contribution in [0.2, 0.25) is 0 Å². The van der Waals surface area contributed by atoms with E-state index in [2.05, 4.69) is 25.0 Å². The van der Waals surface area contributed by atoms with Gasteiger partial charge in [-0.1, -0.05) is 6.92 Å². The normalized spacial score (nSPS) is 16.9. The molecule has 0 bridgehead atoms. The Bertz CT molecular complexity index is 616. The molecule has 8 nitrogen and oxygen atoms in total. The molecular weight excluding hydrogens is 294 g/mol. The summed E-state index contributed by atoms with van der Waals surface area (Å²) in [6, 6.07) is 1.81. The number of carbonyl (C=O) groups is 1. The van der Waals surface area contributed by atoms with E-state index in [9.17, 15) is 4.79 Å². The van der Waals surface area contributed by atoms with Crippen LogP contribution in [0.3, 0.4) is 0 Å². The molecule has 3 heterocycles. The van der Waals surface area contributed by atoms with Crippen LogP contribution in [0.15, 0.2) is 31.1 Å². The van der Waals surface area contributed by atoms with E-state index >= 15 is 0 Å². The minimum atomic E-state index is -0.115. The second kappa shape index (κ2) is 7.17. The third-order valence-electron chi connectivity index (χ3n) is 3.99. The molecule has 0 aliphatic carbocycles. The van der Waals surface area contributed by atoms with Gasteiger partial charge in [-0.05, 0) is 12.5 Å². The van der Waals surface area contributed by atoms with Crippen molar-refractivity contribution in [2.45, 2.75) is 19.9 Å². The lowest BCUT2D eigenvalue weighted by Gasteiger charge is -2.24. The molecule has 8 heteroatoms. The number of hydrogen-bond donors (Lipinski definition) is 0. The van der Waals surface area contributed by atoms with E-state index in [4.69, 9.17) is 0 Å². The zero-order chi connectivity index (χ0) is 16.1. The Labute approximate surface area is 135 Å². The molecule has 1 atom stereocenters. The van der Waals surface area contributed by atoms with Crippen molar-refractivity contribution in [1.29, 1.82) is 0 Å². The van der Waals surface area contributed by atoms with Crippen LogP contribution in [0, 0.1) is 5.92 Å². The molecule has 0 radical (unpaired) electrons. The number of nitrogens with zero attached hydrogens (tertiary/aromatic N) is 7. The lowest BCUT2D eigenvalue weighted by molar-refractivity contribution is -0.135. The Morgan fingerprint density at radius 1 is 1.22 bits per heavy atom. The van der Waals surface area contributed by atoms with E-state index in [1.165, 1.54) is 6.33 Å². The summed E-state index contributed by atoms with van der Waals surface area (Å²) in [6.07, 6.45) is 7.54. The van der Waals surface area contributed by atoms with E-state index < -0.39 is 0 Å². The topological polar surface area (TPSA) is 80.0 Å². The Hall–Kier alpha value is -2.51. The molecule has 1 aliphatic heterocycles. The molecule has 2 aromatic rings. The molecule has 1 saturated heterocycles. The van der Waals surface area contributed by atoms with Crippen molar-refractivity contribution in [1.82, 2.24) is 29.6 Å². The summed E-state index contributed by atoms with van der Waals surface area (Å²) in [5.41, 5.74) is 0. The van der Waals surface area contributed by atoms with Gasteiger partial charge in [0.25, 0.3) is 0 Å². The summed E-state index contributed by atoms with van der Waals surface area (Å²) in [6.45, 7) is 5.58. The van der Waals surface area contributed by atoms with Crippen molar-refractivity contribution >= 4 is 11.9 Å². The minimum absolute atomic E-state index is 0.115. The van der Waals surface area contributed by atoms with Crippen molar-refractivity contribution < 1.29 is 4.79 Å². The Morgan fingerprint density at radius 3 is 2.78 bits per heavy atom. The van der Waals surface area contributed by atoms with Gasteiger partial charge in [-0.2, -0.15) is 5.10 Å². The summed E-state index contributed by atoms with van der Waals surface area (Å²) in [5.74, 6) is 0.782. The third kappa shape index (κ3) is 3.82. The maximum atomic E-state index is 12.6. The molecule has 0 N–H and O–H groups in total. The standard InChI is InChI=1S/C15H21N7O/c1-13(10-22-12-16-11-19-22)14(23)20-6-3-7-21(9-8-20)15-17-4-2-5-18-15/h2,4-5,11-13H,3,6-10H2,1H3. The SMILES string of the molecule is CC(Cn1cncn1)C(=O)N1CCCN(c2ncccn2)CC1. The highest BCUT2D eigenvalue weighted by Crippen LogP contribution is 2.13.